The average molecular weight is 596 g/mol. The Morgan fingerprint density at radius 3 is 2.27 bits per heavy atom. The van der Waals surface area contributed by atoms with Gasteiger partial charge in [0, 0.05) is 8.59 Å². The first-order valence-corrected chi connectivity index (χ1v) is 12.9. The third-order valence-electron chi connectivity index (χ3n) is 4.93. The molecular formula is C24H23ClIN3O3S. The summed E-state index contributed by atoms with van der Waals surface area (Å²) < 4.78 is 29.1. The van der Waals surface area contributed by atoms with Crippen LogP contribution in [0.5, 0.6) is 0 Å². The van der Waals surface area contributed by atoms with Gasteiger partial charge in [-0.3, -0.25) is 9.10 Å². The summed E-state index contributed by atoms with van der Waals surface area (Å²) in [7, 11) is -4.02. The van der Waals surface area contributed by atoms with Crippen LogP contribution in [0.1, 0.15) is 23.6 Å². The van der Waals surface area contributed by atoms with Crippen LogP contribution in [0, 0.1) is 17.4 Å². The van der Waals surface area contributed by atoms with Crippen molar-refractivity contribution in [2.45, 2.75) is 25.7 Å². The summed E-state index contributed by atoms with van der Waals surface area (Å²) in [6.45, 7) is 4.95. The van der Waals surface area contributed by atoms with E-state index in [2.05, 4.69) is 33.1 Å². The van der Waals surface area contributed by atoms with Gasteiger partial charge < -0.3 is 0 Å². The van der Waals surface area contributed by atoms with Crippen molar-refractivity contribution in [1.82, 2.24) is 5.43 Å². The molecular weight excluding hydrogens is 573 g/mol. The molecule has 0 aliphatic carbocycles. The van der Waals surface area contributed by atoms with Crippen molar-refractivity contribution in [2.24, 2.45) is 5.10 Å². The lowest BCUT2D eigenvalue weighted by atomic mass is 10.1. The highest BCUT2D eigenvalue weighted by Gasteiger charge is 2.28. The van der Waals surface area contributed by atoms with Crippen molar-refractivity contribution in [3.8, 4) is 0 Å². The Labute approximate surface area is 212 Å². The largest absolute Gasteiger partial charge is 0.271 e. The van der Waals surface area contributed by atoms with Gasteiger partial charge in [-0.2, -0.15) is 5.10 Å². The van der Waals surface area contributed by atoms with E-state index < -0.39 is 22.5 Å². The molecule has 9 heteroatoms. The van der Waals surface area contributed by atoms with Gasteiger partial charge in [0.15, 0.2) is 0 Å². The van der Waals surface area contributed by atoms with E-state index >= 15 is 0 Å². The molecule has 172 valence electrons. The highest BCUT2D eigenvalue weighted by Crippen LogP contribution is 2.29. The van der Waals surface area contributed by atoms with E-state index in [0.717, 1.165) is 19.0 Å². The molecule has 0 unspecified atom stereocenters. The van der Waals surface area contributed by atoms with Crippen LogP contribution in [0.4, 0.5) is 5.69 Å². The number of hydrogen-bond acceptors (Lipinski definition) is 4. The number of benzene rings is 3. The van der Waals surface area contributed by atoms with Crippen molar-refractivity contribution < 1.29 is 13.2 Å². The number of sulfonamides is 1. The molecule has 0 fully saturated rings. The monoisotopic (exact) mass is 595 g/mol. The molecule has 1 N–H and O–H groups in total. The van der Waals surface area contributed by atoms with Gasteiger partial charge in [-0.05, 0) is 97.0 Å². The lowest BCUT2D eigenvalue weighted by Crippen LogP contribution is -2.40. The molecule has 1 amide bonds. The lowest BCUT2D eigenvalue weighted by molar-refractivity contribution is -0.119. The summed E-state index contributed by atoms with van der Waals surface area (Å²) in [6, 6.07) is 19.0. The first kappa shape index (κ1) is 25.2. The van der Waals surface area contributed by atoms with Gasteiger partial charge in [0.2, 0.25) is 0 Å². The van der Waals surface area contributed by atoms with E-state index in [1.54, 1.807) is 44.2 Å². The Morgan fingerprint density at radius 2 is 1.67 bits per heavy atom. The van der Waals surface area contributed by atoms with Crippen molar-refractivity contribution in [1.29, 1.82) is 0 Å². The second-order valence-electron chi connectivity index (χ2n) is 7.49. The standard InChI is InChI=1S/C24H23ClIN3O3S/c1-16-4-11-22(12-5-16)33(31,32)29(23-13-8-20(25)14-17(23)2)15-24(30)28-27-18(3)19-6-9-21(26)10-7-19/h4-14H,15H2,1-3H3,(H,28,30)/b27-18+. The Kier molecular flexibility index (Phi) is 8.14. The summed E-state index contributed by atoms with van der Waals surface area (Å²) in [6.07, 6.45) is 0. The summed E-state index contributed by atoms with van der Waals surface area (Å²) in [5.41, 5.74) is 5.87. The molecule has 0 atom stereocenters. The number of carbonyl (C=O) groups excluding carboxylic acids is 1. The molecule has 0 heterocycles. The van der Waals surface area contributed by atoms with Crippen molar-refractivity contribution >= 4 is 61.5 Å². The molecule has 0 aliphatic rings. The van der Waals surface area contributed by atoms with Crippen LogP contribution in [-0.4, -0.2) is 26.6 Å². The fraction of sp³-hybridized carbons (Fsp3) is 0.167. The molecule has 6 nitrogen and oxygen atoms in total. The molecule has 3 aromatic rings. The number of hydrogen-bond donors (Lipinski definition) is 1. The lowest BCUT2D eigenvalue weighted by Gasteiger charge is -2.25. The highest BCUT2D eigenvalue weighted by atomic mass is 127. The Morgan fingerprint density at radius 1 is 1.03 bits per heavy atom. The van der Waals surface area contributed by atoms with Gasteiger partial charge in [0.05, 0.1) is 16.3 Å². The third kappa shape index (κ3) is 6.33. The van der Waals surface area contributed by atoms with Crippen LogP contribution in [0.25, 0.3) is 0 Å². The van der Waals surface area contributed by atoms with Crippen LogP contribution in [0.2, 0.25) is 5.02 Å². The number of anilines is 1. The quantitative estimate of drug-likeness (QED) is 0.229. The van der Waals surface area contributed by atoms with E-state index in [1.165, 1.54) is 12.1 Å². The van der Waals surface area contributed by atoms with E-state index in [0.29, 0.717) is 22.0 Å². The minimum Gasteiger partial charge on any atom is -0.271 e. The second-order valence-corrected chi connectivity index (χ2v) is 11.0. The molecule has 0 saturated heterocycles. The molecule has 3 aromatic carbocycles. The van der Waals surface area contributed by atoms with Crippen molar-refractivity contribution in [2.75, 3.05) is 10.8 Å². The molecule has 0 bridgehead atoms. The topological polar surface area (TPSA) is 78.8 Å². The number of halogens is 2. The molecule has 0 radical (unpaired) electrons. The Bertz CT molecular complexity index is 1290. The van der Waals surface area contributed by atoms with Gasteiger partial charge in [-0.1, -0.05) is 41.4 Å². The maximum atomic E-state index is 13.5. The van der Waals surface area contributed by atoms with Crippen molar-refractivity contribution in [3.63, 3.8) is 0 Å². The fourth-order valence-corrected chi connectivity index (χ4v) is 5.18. The number of amides is 1. The zero-order valence-corrected chi connectivity index (χ0v) is 22.1. The van der Waals surface area contributed by atoms with E-state index in [1.807, 2.05) is 31.2 Å². The smallest absolute Gasteiger partial charge is 0.264 e. The van der Waals surface area contributed by atoms with Gasteiger partial charge in [0.25, 0.3) is 15.9 Å². The molecule has 0 saturated carbocycles. The predicted molar refractivity (Wildman–Crippen MR) is 141 cm³/mol. The van der Waals surface area contributed by atoms with E-state index in [9.17, 15) is 13.2 Å². The minimum absolute atomic E-state index is 0.0915. The molecule has 0 spiro atoms. The van der Waals surface area contributed by atoms with Gasteiger partial charge in [0.1, 0.15) is 6.54 Å². The van der Waals surface area contributed by atoms with Crippen LogP contribution >= 0.6 is 34.2 Å². The number of carbonyl (C=O) groups is 1. The van der Waals surface area contributed by atoms with Crippen molar-refractivity contribution in [3.05, 3.63) is 92.0 Å². The maximum Gasteiger partial charge on any atom is 0.264 e. The number of rotatable bonds is 7. The number of nitrogens with zero attached hydrogens (tertiary/aromatic N) is 2. The van der Waals surface area contributed by atoms with E-state index in [-0.39, 0.29) is 4.90 Å². The normalized spacial score (nSPS) is 11.8. The minimum atomic E-state index is -4.02. The SMILES string of the molecule is C/C(=N\NC(=O)CN(c1ccc(Cl)cc1C)S(=O)(=O)c1ccc(C)cc1)c1ccc(I)cc1. The zero-order valence-electron chi connectivity index (χ0n) is 18.3. The first-order chi connectivity index (χ1) is 15.6. The predicted octanol–water partition coefficient (Wildman–Crippen LogP) is 5.30. The second kappa shape index (κ2) is 10.7. The van der Waals surface area contributed by atoms with Crippen LogP contribution in [0.15, 0.2) is 76.7 Å². The maximum absolute atomic E-state index is 13.5. The number of hydrazone groups is 1. The first-order valence-electron chi connectivity index (χ1n) is 10.0. The Hall–Kier alpha value is -2.43. The summed E-state index contributed by atoms with van der Waals surface area (Å²) in [5.74, 6) is -0.565. The summed E-state index contributed by atoms with van der Waals surface area (Å²) in [5, 5.41) is 4.62. The fourth-order valence-electron chi connectivity index (χ4n) is 3.10. The molecule has 0 aromatic heterocycles. The van der Waals surface area contributed by atoms with Gasteiger partial charge >= 0.3 is 0 Å². The highest BCUT2D eigenvalue weighted by molar-refractivity contribution is 14.1. The molecule has 3 rings (SSSR count). The van der Waals surface area contributed by atoms with Crippen LogP contribution in [0.3, 0.4) is 0 Å². The molecule has 0 aliphatic heterocycles. The third-order valence-corrected chi connectivity index (χ3v) is 7.66. The summed E-state index contributed by atoms with van der Waals surface area (Å²) in [4.78, 5) is 12.9. The number of nitrogens with one attached hydrogen (secondary N) is 1. The van der Waals surface area contributed by atoms with Crippen LogP contribution in [-0.2, 0) is 14.8 Å². The average Bonchev–Trinajstić information content (AvgIpc) is 2.77. The van der Waals surface area contributed by atoms with E-state index in [4.69, 9.17) is 11.6 Å². The summed E-state index contributed by atoms with van der Waals surface area (Å²) >= 11 is 8.27. The van der Waals surface area contributed by atoms with Crippen LogP contribution < -0.4 is 9.73 Å². The molecule has 33 heavy (non-hydrogen) atoms. The van der Waals surface area contributed by atoms with Gasteiger partial charge in [-0.25, -0.2) is 13.8 Å². The van der Waals surface area contributed by atoms with Gasteiger partial charge in [-0.15, -0.1) is 0 Å². The number of aryl methyl sites for hydroxylation is 2. The zero-order chi connectivity index (χ0) is 24.2. The Balaban J connectivity index is 1.91.